The summed E-state index contributed by atoms with van der Waals surface area (Å²) >= 11 is 0. The molecule has 0 spiro atoms. The molecule has 112 valence electrons. The fourth-order valence-electron chi connectivity index (χ4n) is 2.09. The zero-order chi connectivity index (χ0) is 15.0. The first-order valence-corrected chi connectivity index (χ1v) is 9.53. The topological polar surface area (TPSA) is 91.8 Å². The van der Waals surface area contributed by atoms with Gasteiger partial charge < -0.3 is 5.11 Å². The van der Waals surface area contributed by atoms with Crippen molar-refractivity contribution >= 4 is 19.9 Å². The standard InChI is InChI=1S/C12H17NO5S2/c1-19(15,16)11-2-4-12(5-3-11)20(17,18)13-8-6-10(14)7-9-13/h2-5,10,14H,6-9H2,1H3. The maximum atomic E-state index is 12.3. The maximum absolute atomic E-state index is 12.3. The van der Waals surface area contributed by atoms with Gasteiger partial charge in [-0.05, 0) is 37.1 Å². The average molecular weight is 319 g/mol. The van der Waals surface area contributed by atoms with Gasteiger partial charge in [-0.25, -0.2) is 16.8 Å². The SMILES string of the molecule is CS(=O)(=O)c1ccc(S(=O)(=O)N2CCC(O)CC2)cc1. The zero-order valence-electron chi connectivity index (χ0n) is 11.1. The Morgan fingerprint density at radius 3 is 1.90 bits per heavy atom. The van der Waals surface area contributed by atoms with Crippen molar-refractivity contribution in [2.24, 2.45) is 0 Å². The van der Waals surface area contributed by atoms with Crippen LogP contribution in [0.25, 0.3) is 0 Å². The van der Waals surface area contributed by atoms with Gasteiger partial charge in [0.1, 0.15) is 0 Å². The van der Waals surface area contributed by atoms with E-state index < -0.39 is 26.0 Å². The first kappa shape index (κ1) is 15.4. The van der Waals surface area contributed by atoms with Crippen LogP contribution in [0.4, 0.5) is 0 Å². The molecule has 8 heteroatoms. The molecule has 1 N–H and O–H groups in total. The summed E-state index contributed by atoms with van der Waals surface area (Å²) in [4.78, 5) is 0.159. The van der Waals surface area contributed by atoms with Gasteiger partial charge in [0.15, 0.2) is 9.84 Å². The summed E-state index contributed by atoms with van der Waals surface area (Å²) in [5, 5.41) is 9.40. The lowest BCUT2D eigenvalue weighted by Gasteiger charge is -2.28. The Morgan fingerprint density at radius 2 is 1.45 bits per heavy atom. The average Bonchev–Trinajstić information content (AvgIpc) is 2.38. The molecule has 0 saturated carbocycles. The van der Waals surface area contributed by atoms with E-state index in [1.165, 1.54) is 28.6 Å². The number of benzene rings is 1. The molecule has 0 aliphatic carbocycles. The molecular weight excluding hydrogens is 302 g/mol. The van der Waals surface area contributed by atoms with Crippen molar-refractivity contribution in [1.82, 2.24) is 4.31 Å². The zero-order valence-corrected chi connectivity index (χ0v) is 12.7. The van der Waals surface area contributed by atoms with E-state index in [1.54, 1.807) is 0 Å². The van der Waals surface area contributed by atoms with Crippen LogP contribution in [0.2, 0.25) is 0 Å². The normalized spacial score (nSPS) is 19.1. The summed E-state index contributed by atoms with van der Waals surface area (Å²) in [5.74, 6) is 0. The minimum absolute atomic E-state index is 0.0706. The molecule has 1 aromatic carbocycles. The van der Waals surface area contributed by atoms with Crippen LogP contribution in [0.3, 0.4) is 0 Å². The molecule has 0 aromatic heterocycles. The lowest BCUT2D eigenvalue weighted by atomic mass is 10.1. The molecule has 0 bridgehead atoms. The van der Waals surface area contributed by atoms with Gasteiger partial charge in [0.25, 0.3) is 0 Å². The number of aliphatic hydroxyl groups excluding tert-OH is 1. The summed E-state index contributed by atoms with van der Waals surface area (Å²) in [6, 6.07) is 5.19. The van der Waals surface area contributed by atoms with E-state index in [0.717, 1.165) is 6.26 Å². The van der Waals surface area contributed by atoms with Crippen LogP contribution in [0.15, 0.2) is 34.1 Å². The second-order valence-corrected chi connectivity index (χ2v) is 8.83. The molecule has 1 saturated heterocycles. The smallest absolute Gasteiger partial charge is 0.243 e. The van der Waals surface area contributed by atoms with Crippen LogP contribution in [0.1, 0.15) is 12.8 Å². The van der Waals surface area contributed by atoms with Crippen molar-refractivity contribution in [1.29, 1.82) is 0 Å². The molecule has 2 rings (SSSR count). The highest BCUT2D eigenvalue weighted by Crippen LogP contribution is 2.22. The van der Waals surface area contributed by atoms with E-state index in [9.17, 15) is 21.9 Å². The molecule has 0 unspecified atom stereocenters. The Kier molecular flexibility index (Phi) is 4.19. The number of rotatable bonds is 3. The first-order chi connectivity index (χ1) is 9.21. The molecule has 1 aromatic rings. The third kappa shape index (κ3) is 3.20. The Bertz CT molecular complexity index is 671. The van der Waals surface area contributed by atoms with Crippen molar-refractivity contribution in [2.45, 2.75) is 28.7 Å². The molecule has 0 radical (unpaired) electrons. The number of aliphatic hydroxyl groups is 1. The number of sulfone groups is 1. The molecule has 1 heterocycles. The van der Waals surface area contributed by atoms with Crippen molar-refractivity contribution < 1.29 is 21.9 Å². The van der Waals surface area contributed by atoms with E-state index in [4.69, 9.17) is 0 Å². The summed E-state index contributed by atoms with van der Waals surface area (Å²) in [7, 11) is -6.96. The molecular formula is C12H17NO5S2. The fraction of sp³-hybridized carbons (Fsp3) is 0.500. The molecule has 1 aliphatic rings. The van der Waals surface area contributed by atoms with Crippen LogP contribution in [0.5, 0.6) is 0 Å². The fourth-order valence-corrected chi connectivity index (χ4v) is 4.19. The second-order valence-electron chi connectivity index (χ2n) is 4.88. The number of hydrogen-bond acceptors (Lipinski definition) is 5. The van der Waals surface area contributed by atoms with E-state index in [0.29, 0.717) is 12.8 Å². The lowest BCUT2D eigenvalue weighted by molar-refractivity contribution is 0.113. The monoisotopic (exact) mass is 319 g/mol. The third-order valence-corrected chi connectivity index (χ3v) is 6.35. The predicted octanol–water partition coefficient (Wildman–Crippen LogP) is 0.235. The van der Waals surface area contributed by atoms with Gasteiger partial charge in [-0.3, -0.25) is 0 Å². The summed E-state index contributed by atoms with van der Waals surface area (Å²) < 4.78 is 48.7. The van der Waals surface area contributed by atoms with E-state index in [2.05, 4.69) is 0 Å². The molecule has 6 nitrogen and oxygen atoms in total. The maximum Gasteiger partial charge on any atom is 0.243 e. The highest BCUT2D eigenvalue weighted by atomic mass is 32.2. The molecule has 0 atom stereocenters. The van der Waals surface area contributed by atoms with Crippen molar-refractivity contribution in [2.75, 3.05) is 19.3 Å². The molecule has 1 fully saturated rings. The highest BCUT2D eigenvalue weighted by Gasteiger charge is 2.28. The van der Waals surface area contributed by atoms with E-state index in [1.807, 2.05) is 0 Å². The van der Waals surface area contributed by atoms with Crippen molar-refractivity contribution in [3.63, 3.8) is 0 Å². The van der Waals surface area contributed by atoms with Gasteiger partial charge in [-0.2, -0.15) is 4.31 Å². The second kappa shape index (κ2) is 5.44. The molecule has 1 aliphatic heterocycles. The minimum atomic E-state index is -3.62. The third-order valence-electron chi connectivity index (χ3n) is 3.31. The van der Waals surface area contributed by atoms with Gasteiger partial charge in [0.2, 0.25) is 10.0 Å². The van der Waals surface area contributed by atoms with Crippen LogP contribution in [-0.4, -0.2) is 51.7 Å². The Hall–Kier alpha value is -0.960. The van der Waals surface area contributed by atoms with Crippen LogP contribution in [-0.2, 0) is 19.9 Å². The van der Waals surface area contributed by atoms with Gasteiger partial charge in [-0.15, -0.1) is 0 Å². The number of hydrogen-bond donors (Lipinski definition) is 1. The largest absolute Gasteiger partial charge is 0.393 e. The predicted molar refractivity (Wildman–Crippen MR) is 73.6 cm³/mol. The summed E-state index contributed by atoms with van der Waals surface area (Å²) in [6.07, 6.45) is 1.46. The van der Waals surface area contributed by atoms with Crippen LogP contribution in [0, 0.1) is 0 Å². The Labute approximate surface area is 119 Å². The summed E-state index contributed by atoms with van der Waals surface area (Å²) in [6.45, 7) is 0.550. The van der Waals surface area contributed by atoms with Crippen molar-refractivity contribution in [3.05, 3.63) is 24.3 Å². The number of nitrogens with zero attached hydrogens (tertiary/aromatic N) is 1. The van der Waals surface area contributed by atoms with Gasteiger partial charge in [0.05, 0.1) is 15.9 Å². The highest BCUT2D eigenvalue weighted by molar-refractivity contribution is 7.90. The molecule has 0 amide bonds. The molecule has 20 heavy (non-hydrogen) atoms. The summed E-state index contributed by atoms with van der Waals surface area (Å²) in [5.41, 5.74) is 0. The Morgan fingerprint density at radius 1 is 1.00 bits per heavy atom. The van der Waals surface area contributed by atoms with Crippen molar-refractivity contribution in [3.8, 4) is 0 Å². The van der Waals surface area contributed by atoms with Gasteiger partial charge in [0, 0.05) is 19.3 Å². The Balaban J connectivity index is 2.26. The number of sulfonamides is 1. The number of piperidine rings is 1. The van der Waals surface area contributed by atoms with E-state index in [-0.39, 0.29) is 22.9 Å². The lowest BCUT2D eigenvalue weighted by Crippen LogP contribution is -2.39. The quantitative estimate of drug-likeness (QED) is 0.861. The van der Waals surface area contributed by atoms with Gasteiger partial charge in [-0.1, -0.05) is 0 Å². The minimum Gasteiger partial charge on any atom is -0.393 e. The van der Waals surface area contributed by atoms with E-state index >= 15 is 0 Å². The van der Waals surface area contributed by atoms with Crippen LogP contribution < -0.4 is 0 Å². The first-order valence-electron chi connectivity index (χ1n) is 6.19. The van der Waals surface area contributed by atoms with Gasteiger partial charge >= 0.3 is 0 Å². The van der Waals surface area contributed by atoms with Crippen LogP contribution >= 0.6 is 0 Å².